The molecule has 0 unspecified atom stereocenters. The zero-order valence-electron chi connectivity index (χ0n) is 20.1. The maximum absolute atomic E-state index is 13.2. The maximum atomic E-state index is 13.2. The molecule has 1 saturated heterocycles. The maximum Gasteiger partial charge on any atom is 0.296 e. The van der Waals surface area contributed by atoms with Crippen LogP contribution in [0.5, 0.6) is 5.75 Å². The number of Topliss-reactive ketones (excluding diaryl/α,β-unsaturated/α-hetero) is 1. The molecule has 0 aliphatic carbocycles. The minimum absolute atomic E-state index is 0.00677. The van der Waals surface area contributed by atoms with Crippen LogP contribution < -0.4 is 4.74 Å². The first kappa shape index (κ1) is 24.4. The second kappa shape index (κ2) is 10.4. The van der Waals surface area contributed by atoms with Crippen LogP contribution in [-0.2, 0) is 22.7 Å². The van der Waals surface area contributed by atoms with E-state index in [0.717, 1.165) is 11.1 Å². The number of carbonyl (C=O) groups is 2. The summed E-state index contributed by atoms with van der Waals surface area (Å²) < 4.78 is 11.3. The zero-order valence-corrected chi connectivity index (χ0v) is 20.8. The van der Waals surface area contributed by atoms with Crippen LogP contribution in [0.4, 0.5) is 0 Å². The summed E-state index contributed by atoms with van der Waals surface area (Å²) in [6.45, 7) is 2.51. The van der Waals surface area contributed by atoms with E-state index in [-0.39, 0.29) is 17.9 Å². The summed E-state index contributed by atoms with van der Waals surface area (Å²) in [6, 6.07) is 24.3. The number of likely N-dealkylation sites (tertiary alicyclic amines) is 1. The average Bonchev–Trinajstić information content (AvgIpc) is 3.50. The summed E-state index contributed by atoms with van der Waals surface area (Å²) in [5, 5.41) is 11.8. The molecule has 2 heterocycles. The third-order valence-electron chi connectivity index (χ3n) is 6.25. The van der Waals surface area contributed by atoms with Crippen LogP contribution in [0.3, 0.4) is 0 Å². The first-order chi connectivity index (χ1) is 17.9. The van der Waals surface area contributed by atoms with Gasteiger partial charge in [0.05, 0.1) is 24.4 Å². The zero-order chi connectivity index (χ0) is 25.9. The van der Waals surface area contributed by atoms with E-state index >= 15 is 0 Å². The van der Waals surface area contributed by atoms with E-state index in [1.165, 1.54) is 11.2 Å². The van der Waals surface area contributed by atoms with Gasteiger partial charge in [0.25, 0.3) is 11.7 Å². The minimum atomic E-state index is -0.806. The van der Waals surface area contributed by atoms with Crippen molar-refractivity contribution in [1.82, 2.24) is 4.90 Å². The van der Waals surface area contributed by atoms with Crippen molar-refractivity contribution in [2.75, 3.05) is 0 Å². The Kier molecular flexibility index (Phi) is 6.84. The highest BCUT2D eigenvalue weighted by molar-refractivity contribution is 6.46. The van der Waals surface area contributed by atoms with Crippen LogP contribution in [0.25, 0.3) is 5.76 Å². The quantitative estimate of drug-likeness (QED) is 0.175. The number of carbonyl (C=O) groups excluding carboxylic acids is 2. The lowest BCUT2D eigenvalue weighted by Crippen LogP contribution is -2.29. The number of nitrogens with zero attached hydrogens (tertiary/aromatic N) is 1. The molecule has 0 spiro atoms. The molecule has 0 bridgehead atoms. The summed E-state index contributed by atoms with van der Waals surface area (Å²) in [5.74, 6) is -0.591. The summed E-state index contributed by atoms with van der Waals surface area (Å²) in [6.07, 6.45) is 1.51. The molecule has 0 radical (unpaired) electrons. The van der Waals surface area contributed by atoms with Gasteiger partial charge in [0.15, 0.2) is 0 Å². The Morgan fingerprint density at radius 2 is 1.76 bits per heavy atom. The number of ether oxygens (including phenoxy) is 1. The highest BCUT2D eigenvalue weighted by Gasteiger charge is 2.46. The van der Waals surface area contributed by atoms with E-state index < -0.39 is 17.7 Å². The van der Waals surface area contributed by atoms with Gasteiger partial charge in [-0.25, -0.2) is 0 Å². The Morgan fingerprint density at radius 3 is 2.43 bits per heavy atom. The van der Waals surface area contributed by atoms with Gasteiger partial charge < -0.3 is 19.2 Å². The molecule has 186 valence electrons. The number of aryl methyl sites for hydroxylation is 1. The van der Waals surface area contributed by atoms with Crippen molar-refractivity contribution in [3.8, 4) is 5.75 Å². The number of hydrogen-bond acceptors (Lipinski definition) is 5. The molecule has 5 rings (SSSR count). The van der Waals surface area contributed by atoms with Crippen molar-refractivity contribution >= 4 is 29.1 Å². The van der Waals surface area contributed by atoms with Crippen molar-refractivity contribution in [2.24, 2.45) is 0 Å². The van der Waals surface area contributed by atoms with Gasteiger partial charge in [-0.1, -0.05) is 53.6 Å². The second-order valence-electron chi connectivity index (χ2n) is 8.86. The third-order valence-corrected chi connectivity index (χ3v) is 6.50. The van der Waals surface area contributed by atoms with Gasteiger partial charge in [-0.05, 0) is 66.6 Å². The third kappa shape index (κ3) is 5.15. The lowest BCUT2D eigenvalue weighted by molar-refractivity contribution is -0.140. The number of rotatable bonds is 7. The lowest BCUT2D eigenvalue weighted by atomic mass is 9.95. The largest absolute Gasteiger partial charge is 0.507 e. The number of benzene rings is 3. The number of furan rings is 1. The number of halogens is 1. The molecule has 1 atom stereocenters. The molecule has 1 aliphatic heterocycles. The van der Waals surface area contributed by atoms with Crippen LogP contribution in [0.15, 0.2) is 101 Å². The summed E-state index contributed by atoms with van der Waals surface area (Å²) >= 11 is 6.07. The van der Waals surface area contributed by atoms with Crippen LogP contribution in [0.1, 0.15) is 34.1 Å². The highest BCUT2D eigenvalue weighted by atomic mass is 35.5. The second-order valence-corrected chi connectivity index (χ2v) is 9.30. The van der Waals surface area contributed by atoms with Gasteiger partial charge in [-0.3, -0.25) is 9.59 Å². The van der Waals surface area contributed by atoms with Crippen LogP contribution in [0, 0.1) is 6.92 Å². The van der Waals surface area contributed by atoms with Gasteiger partial charge in [0.2, 0.25) is 0 Å². The fraction of sp³-hybridized carbons (Fsp3) is 0.133. The van der Waals surface area contributed by atoms with E-state index in [1.807, 2.05) is 25.1 Å². The fourth-order valence-corrected chi connectivity index (χ4v) is 4.56. The number of aliphatic hydroxyl groups excluding tert-OH is 1. The summed E-state index contributed by atoms with van der Waals surface area (Å²) in [5.41, 5.74) is 3.26. The van der Waals surface area contributed by atoms with Crippen LogP contribution >= 0.6 is 11.6 Å². The molecule has 1 fully saturated rings. The van der Waals surface area contributed by atoms with Gasteiger partial charge in [-0.2, -0.15) is 0 Å². The molecule has 1 amide bonds. The molecule has 1 aromatic heterocycles. The number of aliphatic hydroxyl groups is 1. The van der Waals surface area contributed by atoms with Crippen molar-refractivity contribution in [3.63, 3.8) is 0 Å². The molecular weight excluding hydrogens is 490 g/mol. The highest BCUT2D eigenvalue weighted by Crippen LogP contribution is 2.40. The summed E-state index contributed by atoms with van der Waals surface area (Å²) in [4.78, 5) is 27.6. The van der Waals surface area contributed by atoms with Gasteiger partial charge in [-0.15, -0.1) is 0 Å². The molecule has 7 heteroatoms. The Labute approximate surface area is 219 Å². The number of amides is 1. The molecule has 1 N–H and O–H groups in total. The lowest BCUT2D eigenvalue weighted by Gasteiger charge is -2.24. The fourth-order valence-electron chi connectivity index (χ4n) is 4.44. The Morgan fingerprint density at radius 1 is 1.00 bits per heavy atom. The van der Waals surface area contributed by atoms with E-state index in [0.29, 0.717) is 34.3 Å². The molecule has 3 aromatic carbocycles. The van der Waals surface area contributed by atoms with Crippen molar-refractivity contribution < 1.29 is 23.8 Å². The molecule has 37 heavy (non-hydrogen) atoms. The molecule has 4 aromatic rings. The monoisotopic (exact) mass is 513 g/mol. The standard InChI is InChI=1S/C30H24ClNO5/c1-19-4-2-5-20(16-19)18-37-24-13-9-22(10-14-24)28(33)26-27(21-7-11-23(31)12-8-21)32(30(35)29(26)34)17-25-6-3-15-36-25/h2-16,27,33H,17-18H2,1H3/t27-/m1/s1. The number of ketones is 1. The predicted octanol–water partition coefficient (Wildman–Crippen LogP) is 6.44. The molecule has 1 aliphatic rings. The SMILES string of the molecule is Cc1cccc(COc2ccc(C(O)=C3C(=O)C(=O)N(Cc4ccco4)[C@@H]3c3ccc(Cl)cc3)cc2)c1. The van der Waals surface area contributed by atoms with E-state index in [9.17, 15) is 14.7 Å². The van der Waals surface area contributed by atoms with E-state index in [2.05, 4.69) is 6.07 Å². The van der Waals surface area contributed by atoms with Crippen molar-refractivity contribution in [2.45, 2.75) is 26.1 Å². The smallest absolute Gasteiger partial charge is 0.296 e. The van der Waals surface area contributed by atoms with E-state index in [1.54, 1.807) is 60.7 Å². The minimum Gasteiger partial charge on any atom is -0.507 e. The van der Waals surface area contributed by atoms with Crippen LogP contribution in [-0.4, -0.2) is 21.7 Å². The first-order valence-electron chi connectivity index (χ1n) is 11.8. The predicted molar refractivity (Wildman–Crippen MR) is 140 cm³/mol. The van der Waals surface area contributed by atoms with Gasteiger partial charge in [0, 0.05) is 10.6 Å². The van der Waals surface area contributed by atoms with Crippen molar-refractivity contribution in [1.29, 1.82) is 0 Å². The molecule has 0 saturated carbocycles. The van der Waals surface area contributed by atoms with Crippen molar-refractivity contribution in [3.05, 3.63) is 130 Å². The van der Waals surface area contributed by atoms with Gasteiger partial charge in [0.1, 0.15) is 23.9 Å². The normalized spacial score (nSPS) is 16.8. The Balaban J connectivity index is 1.46. The molecule has 6 nitrogen and oxygen atoms in total. The molecular formula is C30H24ClNO5. The Hall–Kier alpha value is -4.29. The van der Waals surface area contributed by atoms with E-state index in [4.69, 9.17) is 20.8 Å². The Bertz CT molecular complexity index is 1460. The van der Waals surface area contributed by atoms with Crippen LogP contribution in [0.2, 0.25) is 5.02 Å². The number of hydrogen-bond donors (Lipinski definition) is 1. The topological polar surface area (TPSA) is 80.0 Å². The van der Waals surface area contributed by atoms with Gasteiger partial charge >= 0.3 is 0 Å². The summed E-state index contributed by atoms with van der Waals surface area (Å²) in [7, 11) is 0. The average molecular weight is 514 g/mol. The first-order valence-corrected chi connectivity index (χ1v) is 12.1.